The highest BCUT2D eigenvalue weighted by Crippen LogP contribution is 2.22. The third kappa shape index (κ3) is 6.24. The largest absolute Gasteiger partial charge is 0.165 e. The molecule has 12 heavy (non-hydrogen) atoms. The first-order valence-electron chi connectivity index (χ1n) is 4.70. The summed E-state index contributed by atoms with van der Waals surface area (Å²) < 4.78 is 0. The van der Waals surface area contributed by atoms with Crippen LogP contribution in [0, 0.1) is 11.8 Å². The molecule has 2 heteroatoms. The lowest BCUT2D eigenvalue weighted by Gasteiger charge is -2.19. The minimum Gasteiger partial charge on any atom is -0.165 e. The van der Waals surface area contributed by atoms with Gasteiger partial charge in [0.05, 0.1) is 0 Å². The molecule has 0 N–H and O–H groups in total. The lowest BCUT2D eigenvalue weighted by Crippen LogP contribution is -2.10. The van der Waals surface area contributed by atoms with E-state index in [0.29, 0.717) is 0 Å². The Bertz CT molecular complexity index is 83.8. The zero-order valence-corrected chi connectivity index (χ0v) is 10.4. The van der Waals surface area contributed by atoms with Gasteiger partial charge in [-0.3, -0.25) is 0 Å². The SMILES string of the molecule is CSCCC(CCSC)C(C)C. The van der Waals surface area contributed by atoms with Gasteiger partial charge in [0.15, 0.2) is 0 Å². The van der Waals surface area contributed by atoms with E-state index >= 15 is 0 Å². The lowest BCUT2D eigenvalue weighted by molar-refractivity contribution is 0.367. The maximum Gasteiger partial charge on any atom is -0.00676 e. The van der Waals surface area contributed by atoms with Gasteiger partial charge in [0.2, 0.25) is 0 Å². The van der Waals surface area contributed by atoms with Gasteiger partial charge in [-0.25, -0.2) is 0 Å². The molecular weight excluding hydrogens is 184 g/mol. The monoisotopic (exact) mass is 206 g/mol. The van der Waals surface area contributed by atoms with Crippen LogP contribution in [-0.4, -0.2) is 24.0 Å². The predicted octanol–water partition coefficient (Wildman–Crippen LogP) is 3.76. The molecule has 0 aliphatic carbocycles. The Kier molecular flexibility index (Phi) is 8.79. The van der Waals surface area contributed by atoms with Gasteiger partial charge in [0.1, 0.15) is 0 Å². The summed E-state index contributed by atoms with van der Waals surface area (Å²) in [5, 5.41) is 0. The Morgan fingerprint density at radius 2 is 1.33 bits per heavy atom. The van der Waals surface area contributed by atoms with Crippen LogP contribution >= 0.6 is 23.5 Å². The van der Waals surface area contributed by atoms with E-state index in [9.17, 15) is 0 Å². The van der Waals surface area contributed by atoms with Crippen molar-refractivity contribution in [2.24, 2.45) is 11.8 Å². The van der Waals surface area contributed by atoms with Gasteiger partial charge in [-0.2, -0.15) is 23.5 Å². The molecule has 0 aromatic rings. The van der Waals surface area contributed by atoms with E-state index in [1.807, 2.05) is 23.5 Å². The second-order valence-corrected chi connectivity index (χ2v) is 5.54. The molecule has 0 rings (SSSR count). The highest BCUT2D eigenvalue weighted by molar-refractivity contribution is 7.98. The molecule has 0 saturated heterocycles. The van der Waals surface area contributed by atoms with Crippen molar-refractivity contribution in [2.45, 2.75) is 26.7 Å². The molecule has 0 aromatic carbocycles. The molecule has 0 saturated carbocycles. The summed E-state index contributed by atoms with van der Waals surface area (Å²) in [6.45, 7) is 4.70. The average Bonchev–Trinajstić information content (AvgIpc) is 2.04. The van der Waals surface area contributed by atoms with Crippen molar-refractivity contribution in [3.8, 4) is 0 Å². The molecule has 0 aliphatic rings. The molecule has 0 heterocycles. The van der Waals surface area contributed by atoms with Crippen LogP contribution in [-0.2, 0) is 0 Å². The van der Waals surface area contributed by atoms with Gasteiger partial charge in [-0.1, -0.05) is 13.8 Å². The minimum atomic E-state index is 0.865. The van der Waals surface area contributed by atoms with Gasteiger partial charge in [-0.05, 0) is 48.7 Å². The van der Waals surface area contributed by atoms with Gasteiger partial charge in [0, 0.05) is 0 Å². The molecule has 0 aliphatic heterocycles. The van der Waals surface area contributed by atoms with Crippen LogP contribution in [0.25, 0.3) is 0 Å². The van der Waals surface area contributed by atoms with Crippen molar-refractivity contribution in [2.75, 3.05) is 24.0 Å². The standard InChI is InChI=1S/C10H22S2/c1-9(2)10(5-7-11-3)6-8-12-4/h9-10H,5-8H2,1-4H3. The van der Waals surface area contributed by atoms with Crippen LogP contribution in [0.1, 0.15) is 26.7 Å². The summed E-state index contributed by atoms with van der Waals surface area (Å²) in [6.07, 6.45) is 7.21. The molecule has 0 unspecified atom stereocenters. The number of hydrogen-bond donors (Lipinski definition) is 0. The smallest absolute Gasteiger partial charge is 0.00676 e. The minimum absolute atomic E-state index is 0.865. The zero-order chi connectivity index (χ0) is 9.40. The van der Waals surface area contributed by atoms with Gasteiger partial charge >= 0.3 is 0 Å². The van der Waals surface area contributed by atoms with E-state index in [4.69, 9.17) is 0 Å². The molecular formula is C10H22S2. The molecule has 74 valence electrons. The van der Waals surface area contributed by atoms with Crippen molar-refractivity contribution in [3.05, 3.63) is 0 Å². The van der Waals surface area contributed by atoms with Crippen LogP contribution in [0.2, 0.25) is 0 Å². The summed E-state index contributed by atoms with van der Waals surface area (Å²) in [6, 6.07) is 0. The normalized spacial score (nSPS) is 11.5. The summed E-state index contributed by atoms with van der Waals surface area (Å²) in [7, 11) is 0. The molecule has 0 fully saturated rings. The van der Waals surface area contributed by atoms with Crippen LogP contribution in [0.3, 0.4) is 0 Å². The first-order chi connectivity index (χ1) is 5.72. The molecule has 0 amide bonds. The van der Waals surface area contributed by atoms with Crippen molar-refractivity contribution in [1.29, 1.82) is 0 Å². The summed E-state index contributed by atoms with van der Waals surface area (Å²) in [5.74, 6) is 4.48. The first-order valence-corrected chi connectivity index (χ1v) is 7.49. The third-order valence-electron chi connectivity index (χ3n) is 2.33. The second-order valence-electron chi connectivity index (χ2n) is 3.57. The highest BCUT2D eigenvalue weighted by Gasteiger charge is 2.11. The predicted molar refractivity (Wildman–Crippen MR) is 64.3 cm³/mol. The van der Waals surface area contributed by atoms with Crippen molar-refractivity contribution < 1.29 is 0 Å². The molecule has 0 spiro atoms. The molecule has 0 atom stereocenters. The van der Waals surface area contributed by atoms with E-state index in [-0.39, 0.29) is 0 Å². The summed E-state index contributed by atoms with van der Waals surface area (Å²) in [5.41, 5.74) is 0. The van der Waals surface area contributed by atoms with Gasteiger partial charge in [-0.15, -0.1) is 0 Å². The first kappa shape index (κ1) is 12.7. The topological polar surface area (TPSA) is 0 Å². The average molecular weight is 206 g/mol. The number of thioether (sulfide) groups is 2. The maximum atomic E-state index is 2.35. The lowest BCUT2D eigenvalue weighted by atomic mass is 9.91. The third-order valence-corrected chi connectivity index (χ3v) is 3.62. The Hall–Kier alpha value is 0.700. The van der Waals surface area contributed by atoms with Crippen LogP contribution in [0.4, 0.5) is 0 Å². The van der Waals surface area contributed by atoms with Crippen LogP contribution in [0.15, 0.2) is 0 Å². The Balaban J connectivity index is 3.55. The Morgan fingerprint density at radius 3 is 1.58 bits per heavy atom. The molecule has 0 nitrogen and oxygen atoms in total. The van der Waals surface area contributed by atoms with E-state index in [0.717, 1.165) is 11.8 Å². The molecule has 0 bridgehead atoms. The maximum absolute atomic E-state index is 2.35. The van der Waals surface area contributed by atoms with E-state index in [1.165, 1.54) is 24.3 Å². The fraction of sp³-hybridized carbons (Fsp3) is 1.00. The summed E-state index contributed by atoms with van der Waals surface area (Å²) in [4.78, 5) is 0. The Morgan fingerprint density at radius 1 is 0.917 bits per heavy atom. The molecule has 0 radical (unpaired) electrons. The van der Waals surface area contributed by atoms with E-state index in [2.05, 4.69) is 26.4 Å². The quantitative estimate of drug-likeness (QED) is 0.622. The van der Waals surface area contributed by atoms with Crippen molar-refractivity contribution >= 4 is 23.5 Å². The number of hydrogen-bond acceptors (Lipinski definition) is 2. The van der Waals surface area contributed by atoms with Crippen LogP contribution in [0.5, 0.6) is 0 Å². The number of rotatable bonds is 7. The van der Waals surface area contributed by atoms with Crippen molar-refractivity contribution in [1.82, 2.24) is 0 Å². The van der Waals surface area contributed by atoms with Gasteiger partial charge < -0.3 is 0 Å². The molecule has 0 aromatic heterocycles. The van der Waals surface area contributed by atoms with E-state index in [1.54, 1.807) is 0 Å². The van der Waals surface area contributed by atoms with Crippen LogP contribution < -0.4 is 0 Å². The van der Waals surface area contributed by atoms with Gasteiger partial charge in [0.25, 0.3) is 0 Å². The zero-order valence-electron chi connectivity index (χ0n) is 8.80. The van der Waals surface area contributed by atoms with Crippen molar-refractivity contribution in [3.63, 3.8) is 0 Å². The fourth-order valence-corrected chi connectivity index (χ4v) is 2.43. The Labute approximate surface area is 86.3 Å². The highest BCUT2D eigenvalue weighted by atomic mass is 32.2. The van der Waals surface area contributed by atoms with E-state index < -0.39 is 0 Å². The fourth-order valence-electron chi connectivity index (χ4n) is 1.35. The second kappa shape index (κ2) is 8.31. The summed E-state index contributed by atoms with van der Waals surface area (Å²) >= 11 is 3.95.